The SMILES string of the molecule is CN(Cc1ccccn1)C(=O)c1cc(Cn2ccc3ccccc32)[nH]n1. The van der Waals surface area contributed by atoms with Crippen molar-refractivity contribution in [3.05, 3.63) is 84.1 Å². The van der Waals surface area contributed by atoms with E-state index < -0.39 is 0 Å². The minimum atomic E-state index is -0.129. The Balaban J connectivity index is 1.48. The summed E-state index contributed by atoms with van der Waals surface area (Å²) in [6, 6.07) is 17.8. The largest absolute Gasteiger partial charge is 0.341 e. The standard InChI is InChI=1S/C20H19N5O/c1-24(13-16-7-4-5-10-21-16)20(26)18-12-17(22-23-18)14-25-11-9-15-6-2-3-8-19(15)25/h2-12H,13-14H2,1H3,(H,22,23). The molecule has 0 spiro atoms. The molecule has 1 N–H and O–H groups in total. The van der Waals surface area contributed by atoms with Crippen molar-refractivity contribution in [1.82, 2.24) is 24.6 Å². The molecule has 130 valence electrons. The third-order valence-corrected chi connectivity index (χ3v) is 4.34. The number of nitrogens with one attached hydrogen (secondary N) is 1. The van der Waals surface area contributed by atoms with Gasteiger partial charge in [-0.05, 0) is 35.7 Å². The maximum atomic E-state index is 12.6. The minimum absolute atomic E-state index is 0.129. The van der Waals surface area contributed by atoms with E-state index in [2.05, 4.69) is 37.9 Å². The molecule has 0 bridgehead atoms. The third kappa shape index (κ3) is 3.21. The fraction of sp³-hybridized carbons (Fsp3) is 0.150. The summed E-state index contributed by atoms with van der Waals surface area (Å²) in [7, 11) is 1.75. The fourth-order valence-electron chi connectivity index (χ4n) is 3.02. The van der Waals surface area contributed by atoms with Gasteiger partial charge in [0.05, 0.1) is 24.5 Å². The highest BCUT2D eigenvalue weighted by atomic mass is 16.2. The minimum Gasteiger partial charge on any atom is -0.341 e. The van der Waals surface area contributed by atoms with E-state index in [-0.39, 0.29) is 5.91 Å². The molecular weight excluding hydrogens is 326 g/mol. The summed E-state index contributed by atoms with van der Waals surface area (Å²) < 4.78 is 2.13. The number of hydrogen-bond acceptors (Lipinski definition) is 3. The van der Waals surface area contributed by atoms with Gasteiger partial charge in [-0.25, -0.2) is 0 Å². The second-order valence-electron chi connectivity index (χ2n) is 6.26. The summed E-state index contributed by atoms with van der Waals surface area (Å²) in [5, 5.41) is 8.36. The number of aromatic nitrogens is 4. The molecule has 26 heavy (non-hydrogen) atoms. The molecule has 0 fully saturated rings. The first-order chi connectivity index (χ1) is 12.7. The smallest absolute Gasteiger partial charge is 0.274 e. The van der Waals surface area contributed by atoms with Gasteiger partial charge in [-0.1, -0.05) is 24.3 Å². The zero-order chi connectivity index (χ0) is 17.9. The summed E-state index contributed by atoms with van der Waals surface area (Å²) in [5.41, 5.74) is 3.30. The summed E-state index contributed by atoms with van der Waals surface area (Å²) in [6.07, 6.45) is 3.77. The van der Waals surface area contributed by atoms with Crippen LogP contribution in [0.25, 0.3) is 10.9 Å². The maximum absolute atomic E-state index is 12.6. The van der Waals surface area contributed by atoms with E-state index in [0.717, 1.165) is 16.9 Å². The van der Waals surface area contributed by atoms with Crippen LogP contribution >= 0.6 is 0 Å². The zero-order valence-corrected chi connectivity index (χ0v) is 14.5. The Hall–Kier alpha value is -3.41. The van der Waals surface area contributed by atoms with Crippen LogP contribution in [0.1, 0.15) is 21.9 Å². The lowest BCUT2D eigenvalue weighted by atomic mass is 10.2. The molecule has 6 heteroatoms. The number of nitrogens with zero attached hydrogens (tertiary/aromatic N) is 4. The third-order valence-electron chi connectivity index (χ3n) is 4.34. The van der Waals surface area contributed by atoms with Crippen molar-refractivity contribution in [3.63, 3.8) is 0 Å². The Kier molecular flexibility index (Phi) is 4.23. The van der Waals surface area contributed by atoms with Crippen molar-refractivity contribution >= 4 is 16.8 Å². The van der Waals surface area contributed by atoms with E-state index in [1.165, 1.54) is 5.39 Å². The van der Waals surface area contributed by atoms with Crippen molar-refractivity contribution in [1.29, 1.82) is 0 Å². The number of benzene rings is 1. The number of hydrogen-bond donors (Lipinski definition) is 1. The number of aromatic amines is 1. The van der Waals surface area contributed by atoms with Gasteiger partial charge in [-0.2, -0.15) is 5.10 Å². The summed E-state index contributed by atoms with van der Waals surface area (Å²) in [4.78, 5) is 18.5. The van der Waals surface area contributed by atoms with Gasteiger partial charge >= 0.3 is 0 Å². The number of fused-ring (bicyclic) bond motifs is 1. The molecule has 0 saturated carbocycles. The second-order valence-corrected chi connectivity index (χ2v) is 6.26. The molecule has 3 heterocycles. The Labute approximate surface area is 151 Å². The molecular formula is C20H19N5O. The molecule has 6 nitrogen and oxygen atoms in total. The van der Waals surface area contributed by atoms with Gasteiger partial charge in [0.15, 0.2) is 0 Å². The fourth-order valence-corrected chi connectivity index (χ4v) is 3.02. The number of H-pyrrole nitrogens is 1. The summed E-state index contributed by atoms with van der Waals surface area (Å²) in [6.45, 7) is 1.09. The first-order valence-electron chi connectivity index (χ1n) is 8.44. The lowest BCUT2D eigenvalue weighted by molar-refractivity contribution is 0.0777. The number of amides is 1. The molecule has 4 aromatic rings. The Morgan fingerprint density at radius 3 is 2.85 bits per heavy atom. The maximum Gasteiger partial charge on any atom is 0.274 e. The van der Waals surface area contributed by atoms with Crippen molar-refractivity contribution in [2.45, 2.75) is 13.1 Å². The predicted molar refractivity (Wildman–Crippen MR) is 99.7 cm³/mol. The average molecular weight is 345 g/mol. The number of para-hydroxylation sites is 1. The number of carbonyl (C=O) groups is 1. The topological polar surface area (TPSA) is 66.8 Å². The van der Waals surface area contributed by atoms with Gasteiger partial charge in [0.2, 0.25) is 0 Å². The molecule has 4 rings (SSSR count). The predicted octanol–water partition coefficient (Wildman–Crippen LogP) is 3.08. The molecule has 0 radical (unpaired) electrons. The van der Waals surface area contributed by atoms with Crippen LogP contribution in [0.5, 0.6) is 0 Å². The van der Waals surface area contributed by atoms with Crippen molar-refractivity contribution in [2.24, 2.45) is 0 Å². The van der Waals surface area contributed by atoms with Gasteiger partial charge in [0.25, 0.3) is 5.91 Å². The van der Waals surface area contributed by atoms with Crippen LogP contribution in [0.4, 0.5) is 0 Å². The molecule has 0 aliphatic heterocycles. The second kappa shape index (κ2) is 6.84. The van der Waals surface area contributed by atoms with Crippen LogP contribution in [0.15, 0.2) is 67.0 Å². The van der Waals surface area contributed by atoms with Gasteiger partial charge in [-0.3, -0.25) is 14.9 Å². The van der Waals surface area contributed by atoms with E-state index in [0.29, 0.717) is 18.8 Å². The average Bonchev–Trinajstić information content (AvgIpc) is 3.30. The first-order valence-corrected chi connectivity index (χ1v) is 8.44. The van der Waals surface area contributed by atoms with Crippen LogP contribution in [0.2, 0.25) is 0 Å². The highest BCUT2D eigenvalue weighted by Crippen LogP contribution is 2.16. The molecule has 0 atom stereocenters. The van der Waals surface area contributed by atoms with Crippen molar-refractivity contribution in [3.8, 4) is 0 Å². The molecule has 0 unspecified atom stereocenters. The van der Waals surface area contributed by atoms with Gasteiger partial charge < -0.3 is 9.47 Å². The number of pyridine rings is 1. The molecule has 3 aromatic heterocycles. The molecule has 0 aliphatic rings. The van der Waals surface area contributed by atoms with E-state index in [9.17, 15) is 4.79 Å². The summed E-state index contributed by atoms with van der Waals surface area (Å²) >= 11 is 0. The van der Waals surface area contributed by atoms with E-state index in [4.69, 9.17) is 0 Å². The van der Waals surface area contributed by atoms with Gasteiger partial charge in [0, 0.05) is 25.0 Å². The van der Waals surface area contributed by atoms with Crippen LogP contribution < -0.4 is 0 Å². The molecule has 1 amide bonds. The van der Waals surface area contributed by atoms with E-state index in [1.807, 2.05) is 42.6 Å². The lowest BCUT2D eigenvalue weighted by Crippen LogP contribution is -2.26. The quantitative estimate of drug-likeness (QED) is 0.604. The van der Waals surface area contributed by atoms with E-state index in [1.54, 1.807) is 18.1 Å². The van der Waals surface area contributed by atoms with Gasteiger partial charge in [0.1, 0.15) is 5.69 Å². The van der Waals surface area contributed by atoms with Crippen LogP contribution in [0.3, 0.4) is 0 Å². The Morgan fingerprint density at radius 1 is 1.15 bits per heavy atom. The molecule has 1 aromatic carbocycles. The van der Waals surface area contributed by atoms with Crippen LogP contribution in [-0.2, 0) is 13.1 Å². The Bertz CT molecular complexity index is 1030. The van der Waals surface area contributed by atoms with Crippen LogP contribution in [0, 0.1) is 0 Å². The van der Waals surface area contributed by atoms with Crippen LogP contribution in [-0.4, -0.2) is 37.6 Å². The molecule has 0 saturated heterocycles. The van der Waals surface area contributed by atoms with Crippen molar-refractivity contribution < 1.29 is 4.79 Å². The Morgan fingerprint density at radius 2 is 2.00 bits per heavy atom. The first kappa shape index (κ1) is 16.1. The number of carbonyl (C=O) groups excluding carboxylic acids is 1. The van der Waals surface area contributed by atoms with Gasteiger partial charge in [-0.15, -0.1) is 0 Å². The monoisotopic (exact) mass is 345 g/mol. The normalized spacial score (nSPS) is 11.0. The highest BCUT2D eigenvalue weighted by molar-refractivity contribution is 5.92. The molecule has 0 aliphatic carbocycles. The lowest BCUT2D eigenvalue weighted by Gasteiger charge is -2.14. The number of rotatable bonds is 5. The van der Waals surface area contributed by atoms with Crippen molar-refractivity contribution in [2.75, 3.05) is 7.05 Å². The summed E-state index contributed by atoms with van der Waals surface area (Å²) in [5.74, 6) is -0.129. The highest BCUT2D eigenvalue weighted by Gasteiger charge is 2.16. The van der Waals surface area contributed by atoms with E-state index >= 15 is 0 Å². The zero-order valence-electron chi connectivity index (χ0n) is 14.5.